The van der Waals surface area contributed by atoms with E-state index >= 15 is 0 Å². The molecular weight excluding hydrogens is 230 g/mol. The zero-order chi connectivity index (χ0) is 13.0. The summed E-state index contributed by atoms with van der Waals surface area (Å²) in [4.78, 5) is 16.0. The number of rotatable bonds is 5. The first kappa shape index (κ1) is 12.7. The third-order valence-electron chi connectivity index (χ3n) is 2.98. The standard InChI is InChI=1S/C13H19N3O2/c1-15-10-16(9-13(17)14-7-8-18-2)12-6-4-3-5-11(12)15/h3-6H,7-10H2,1-2H3,(H,14,17). The summed E-state index contributed by atoms with van der Waals surface area (Å²) >= 11 is 0. The Morgan fingerprint density at radius 2 is 2.11 bits per heavy atom. The Kier molecular flexibility index (Phi) is 4.04. The van der Waals surface area contributed by atoms with Crippen LogP contribution in [0.25, 0.3) is 0 Å². The zero-order valence-electron chi connectivity index (χ0n) is 10.8. The van der Waals surface area contributed by atoms with Gasteiger partial charge < -0.3 is 19.9 Å². The van der Waals surface area contributed by atoms with Crippen molar-refractivity contribution in [2.45, 2.75) is 0 Å². The van der Waals surface area contributed by atoms with Crippen LogP contribution in [0, 0.1) is 0 Å². The van der Waals surface area contributed by atoms with E-state index in [1.54, 1.807) is 7.11 Å². The number of anilines is 2. The average Bonchev–Trinajstić information content (AvgIpc) is 2.67. The van der Waals surface area contributed by atoms with Gasteiger partial charge >= 0.3 is 0 Å². The van der Waals surface area contributed by atoms with Crippen molar-refractivity contribution in [2.24, 2.45) is 0 Å². The van der Waals surface area contributed by atoms with Crippen molar-refractivity contribution in [2.75, 3.05) is 50.3 Å². The minimum Gasteiger partial charge on any atom is -0.383 e. The van der Waals surface area contributed by atoms with E-state index in [9.17, 15) is 4.79 Å². The lowest BCUT2D eigenvalue weighted by Gasteiger charge is -2.18. The number of amides is 1. The van der Waals surface area contributed by atoms with Crippen molar-refractivity contribution in [3.8, 4) is 0 Å². The number of nitrogens with one attached hydrogen (secondary N) is 1. The van der Waals surface area contributed by atoms with Gasteiger partial charge in [-0.2, -0.15) is 0 Å². The van der Waals surface area contributed by atoms with Gasteiger partial charge in [-0.15, -0.1) is 0 Å². The summed E-state index contributed by atoms with van der Waals surface area (Å²) in [5.74, 6) is 0.0251. The molecule has 1 amide bonds. The van der Waals surface area contributed by atoms with Gasteiger partial charge in [0, 0.05) is 20.7 Å². The second-order valence-corrected chi connectivity index (χ2v) is 4.37. The first-order valence-corrected chi connectivity index (χ1v) is 6.03. The van der Waals surface area contributed by atoms with Crippen molar-refractivity contribution in [3.63, 3.8) is 0 Å². The average molecular weight is 249 g/mol. The highest BCUT2D eigenvalue weighted by Crippen LogP contribution is 2.33. The van der Waals surface area contributed by atoms with E-state index in [1.165, 1.54) is 5.69 Å². The molecule has 1 aromatic rings. The maximum absolute atomic E-state index is 11.8. The Morgan fingerprint density at radius 1 is 1.39 bits per heavy atom. The molecular formula is C13H19N3O2. The molecule has 0 bridgehead atoms. The van der Waals surface area contributed by atoms with Crippen LogP contribution in [-0.4, -0.2) is 46.4 Å². The van der Waals surface area contributed by atoms with Gasteiger partial charge in [-0.3, -0.25) is 4.79 Å². The van der Waals surface area contributed by atoms with E-state index in [1.807, 2.05) is 25.2 Å². The number of nitrogens with zero attached hydrogens (tertiary/aromatic N) is 2. The highest BCUT2D eigenvalue weighted by atomic mass is 16.5. The fourth-order valence-corrected chi connectivity index (χ4v) is 2.12. The van der Waals surface area contributed by atoms with Crippen molar-refractivity contribution < 1.29 is 9.53 Å². The number of methoxy groups -OCH3 is 1. The molecule has 0 aliphatic carbocycles. The molecule has 5 heteroatoms. The van der Waals surface area contributed by atoms with Crippen LogP contribution in [0.4, 0.5) is 11.4 Å². The second-order valence-electron chi connectivity index (χ2n) is 4.37. The lowest BCUT2D eigenvalue weighted by Crippen LogP contribution is -2.39. The Morgan fingerprint density at radius 3 is 2.83 bits per heavy atom. The molecule has 0 unspecified atom stereocenters. The van der Waals surface area contributed by atoms with E-state index < -0.39 is 0 Å². The van der Waals surface area contributed by atoms with E-state index in [4.69, 9.17) is 4.74 Å². The number of hydrogen-bond donors (Lipinski definition) is 1. The van der Waals surface area contributed by atoms with Crippen molar-refractivity contribution in [3.05, 3.63) is 24.3 Å². The van der Waals surface area contributed by atoms with E-state index in [0.29, 0.717) is 19.7 Å². The van der Waals surface area contributed by atoms with Crippen LogP contribution in [0.5, 0.6) is 0 Å². The van der Waals surface area contributed by atoms with Crippen molar-refractivity contribution >= 4 is 17.3 Å². The second kappa shape index (κ2) is 5.73. The lowest BCUT2D eigenvalue weighted by atomic mass is 10.2. The summed E-state index contributed by atoms with van der Waals surface area (Å²) in [7, 11) is 3.65. The number of hydrogen-bond acceptors (Lipinski definition) is 4. The third kappa shape index (κ3) is 2.73. The topological polar surface area (TPSA) is 44.8 Å². The summed E-state index contributed by atoms with van der Waals surface area (Å²) in [5, 5.41) is 2.83. The molecule has 0 fully saturated rings. The van der Waals surface area contributed by atoms with Crippen LogP contribution >= 0.6 is 0 Å². The minimum absolute atomic E-state index is 0.0251. The van der Waals surface area contributed by atoms with Gasteiger partial charge in [-0.1, -0.05) is 12.1 Å². The number of carbonyl (C=O) groups is 1. The van der Waals surface area contributed by atoms with Gasteiger partial charge in [-0.25, -0.2) is 0 Å². The molecule has 98 valence electrons. The predicted octanol–water partition coefficient (Wildman–Crippen LogP) is 0.663. The number of fused-ring (bicyclic) bond motifs is 1. The van der Waals surface area contributed by atoms with Crippen LogP contribution in [-0.2, 0) is 9.53 Å². The van der Waals surface area contributed by atoms with Crippen LogP contribution in [0.1, 0.15) is 0 Å². The first-order chi connectivity index (χ1) is 8.72. The highest BCUT2D eigenvalue weighted by molar-refractivity contribution is 5.85. The number of carbonyl (C=O) groups excluding carboxylic acids is 1. The third-order valence-corrected chi connectivity index (χ3v) is 2.98. The molecule has 18 heavy (non-hydrogen) atoms. The monoisotopic (exact) mass is 249 g/mol. The fourth-order valence-electron chi connectivity index (χ4n) is 2.12. The lowest BCUT2D eigenvalue weighted by molar-refractivity contribution is -0.119. The number of benzene rings is 1. The first-order valence-electron chi connectivity index (χ1n) is 6.03. The van der Waals surface area contributed by atoms with Gasteiger partial charge in [0.25, 0.3) is 0 Å². The number of ether oxygens (including phenoxy) is 1. The molecule has 1 aromatic carbocycles. The molecule has 0 radical (unpaired) electrons. The summed E-state index contributed by atoms with van der Waals surface area (Å²) in [6.45, 7) is 2.23. The van der Waals surface area contributed by atoms with Gasteiger partial charge in [0.2, 0.25) is 5.91 Å². The smallest absolute Gasteiger partial charge is 0.239 e. The minimum atomic E-state index is 0.0251. The molecule has 5 nitrogen and oxygen atoms in total. The molecule has 2 rings (SSSR count). The molecule has 1 aliphatic heterocycles. The molecule has 0 saturated carbocycles. The molecule has 1 heterocycles. The summed E-state index contributed by atoms with van der Waals surface area (Å²) in [5.41, 5.74) is 2.28. The predicted molar refractivity (Wildman–Crippen MR) is 71.9 cm³/mol. The maximum Gasteiger partial charge on any atom is 0.239 e. The van der Waals surface area contributed by atoms with Crippen molar-refractivity contribution in [1.29, 1.82) is 0 Å². The molecule has 1 aliphatic rings. The van der Waals surface area contributed by atoms with Gasteiger partial charge in [0.15, 0.2) is 0 Å². The molecule has 1 N–H and O–H groups in total. The Bertz CT molecular complexity index is 422. The SMILES string of the molecule is COCCNC(=O)CN1CN(C)c2ccccc21. The van der Waals surface area contributed by atoms with E-state index in [2.05, 4.69) is 21.2 Å². The van der Waals surface area contributed by atoms with Crippen molar-refractivity contribution in [1.82, 2.24) is 5.32 Å². The van der Waals surface area contributed by atoms with Gasteiger partial charge in [0.1, 0.15) is 0 Å². The largest absolute Gasteiger partial charge is 0.383 e. The van der Waals surface area contributed by atoms with E-state index in [-0.39, 0.29) is 5.91 Å². The Balaban J connectivity index is 1.93. The molecule has 0 atom stereocenters. The molecule has 0 spiro atoms. The number of para-hydroxylation sites is 2. The highest BCUT2D eigenvalue weighted by Gasteiger charge is 2.23. The summed E-state index contributed by atoms with van der Waals surface area (Å²) < 4.78 is 4.90. The van der Waals surface area contributed by atoms with Crippen LogP contribution in [0.2, 0.25) is 0 Å². The van der Waals surface area contributed by atoms with Crippen LogP contribution in [0.15, 0.2) is 24.3 Å². The maximum atomic E-state index is 11.8. The zero-order valence-corrected chi connectivity index (χ0v) is 10.8. The Labute approximate surface area is 107 Å². The Hall–Kier alpha value is -1.75. The fraction of sp³-hybridized carbons (Fsp3) is 0.462. The normalized spacial score (nSPS) is 13.7. The molecule has 0 aromatic heterocycles. The van der Waals surface area contributed by atoms with Gasteiger partial charge in [0.05, 0.1) is 31.2 Å². The van der Waals surface area contributed by atoms with Crippen LogP contribution < -0.4 is 15.1 Å². The quantitative estimate of drug-likeness (QED) is 0.779. The van der Waals surface area contributed by atoms with Crippen LogP contribution in [0.3, 0.4) is 0 Å². The molecule has 0 saturated heterocycles. The summed E-state index contributed by atoms with van der Waals surface area (Å²) in [6, 6.07) is 8.12. The van der Waals surface area contributed by atoms with Gasteiger partial charge in [-0.05, 0) is 12.1 Å². The summed E-state index contributed by atoms with van der Waals surface area (Å²) in [6.07, 6.45) is 0. The van der Waals surface area contributed by atoms with E-state index in [0.717, 1.165) is 12.4 Å².